The van der Waals surface area contributed by atoms with E-state index >= 15 is 0 Å². The SMILES string of the molecule is O=C(CCn1cnnn1)Nc1cnc2n1CCCC2. The number of amides is 1. The lowest BCUT2D eigenvalue weighted by atomic mass is 10.2. The average molecular weight is 261 g/mol. The van der Waals surface area contributed by atoms with Gasteiger partial charge in [-0.2, -0.15) is 0 Å². The van der Waals surface area contributed by atoms with Crippen LogP contribution < -0.4 is 5.32 Å². The highest BCUT2D eigenvalue weighted by molar-refractivity contribution is 5.89. The Morgan fingerprint density at radius 3 is 3.21 bits per heavy atom. The topological polar surface area (TPSA) is 90.5 Å². The summed E-state index contributed by atoms with van der Waals surface area (Å²) in [7, 11) is 0. The first kappa shape index (κ1) is 11.8. The molecule has 1 amide bonds. The first-order valence-electron chi connectivity index (χ1n) is 6.38. The molecule has 8 nitrogen and oxygen atoms in total. The molecule has 0 radical (unpaired) electrons. The monoisotopic (exact) mass is 261 g/mol. The number of tetrazole rings is 1. The lowest BCUT2D eigenvalue weighted by molar-refractivity contribution is -0.116. The molecular formula is C11H15N7O. The van der Waals surface area contributed by atoms with E-state index in [9.17, 15) is 4.79 Å². The molecule has 19 heavy (non-hydrogen) atoms. The second-order valence-corrected chi connectivity index (χ2v) is 4.54. The lowest BCUT2D eigenvalue weighted by Gasteiger charge is -2.16. The van der Waals surface area contributed by atoms with E-state index in [1.165, 1.54) is 17.4 Å². The van der Waals surface area contributed by atoms with Crippen molar-refractivity contribution in [2.75, 3.05) is 5.32 Å². The molecule has 0 aromatic carbocycles. The third-order valence-electron chi connectivity index (χ3n) is 3.20. The molecule has 1 N–H and O–H groups in total. The fourth-order valence-electron chi connectivity index (χ4n) is 2.22. The Kier molecular flexibility index (Phi) is 3.21. The van der Waals surface area contributed by atoms with Crippen molar-refractivity contribution in [3.05, 3.63) is 18.3 Å². The zero-order chi connectivity index (χ0) is 13.1. The van der Waals surface area contributed by atoms with Gasteiger partial charge in [-0.1, -0.05) is 0 Å². The largest absolute Gasteiger partial charge is 0.315 e. The maximum absolute atomic E-state index is 11.9. The molecule has 0 bridgehead atoms. The van der Waals surface area contributed by atoms with Gasteiger partial charge in [-0.15, -0.1) is 5.10 Å². The molecule has 0 saturated carbocycles. The van der Waals surface area contributed by atoms with Gasteiger partial charge in [-0.3, -0.25) is 4.79 Å². The first-order valence-corrected chi connectivity index (χ1v) is 6.38. The summed E-state index contributed by atoms with van der Waals surface area (Å²) in [6.45, 7) is 1.40. The number of nitrogens with zero attached hydrogens (tertiary/aromatic N) is 6. The van der Waals surface area contributed by atoms with E-state index in [1.807, 2.05) is 0 Å². The molecule has 8 heteroatoms. The highest BCUT2D eigenvalue weighted by Gasteiger charge is 2.15. The van der Waals surface area contributed by atoms with Crippen molar-refractivity contribution in [2.45, 2.75) is 38.8 Å². The number of imidazole rings is 1. The fraction of sp³-hybridized carbons (Fsp3) is 0.545. The van der Waals surface area contributed by atoms with Gasteiger partial charge < -0.3 is 9.88 Å². The summed E-state index contributed by atoms with van der Waals surface area (Å²) in [5.41, 5.74) is 0. The van der Waals surface area contributed by atoms with Crippen LogP contribution in [0.25, 0.3) is 0 Å². The first-order chi connectivity index (χ1) is 9.33. The Hall–Kier alpha value is -2.25. The number of aryl methyl sites for hydroxylation is 2. The van der Waals surface area contributed by atoms with Crippen molar-refractivity contribution < 1.29 is 4.79 Å². The Morgan fingerprint density at radius 1 is 1.42 bits per heavy atom. The van der Waals surface area contributed by atoms with E-state index < -0.39 is 0 Å². The van der Waals surface area contributed by atoms with Gasteiger partial charge in [0.25, 0.3) is 0 Å². The molecule has 100 valence electrons. The molecule has 1 aliphatic heterocycles. The molecule has 0 unspecified atom stereocenters. The average Bonchev–Trinajstić information content (AvgIpc) is 3.07. The number of carbonyl (C=O) groups is 1. The Bertz CT molecular complexity index is 560. The van der Waals surface area contributed by atoms with Crippen LogP contribution >= 0.6 is 0 Å². The molecule has 2 aromatic heterocycles. The van der Waals surface area contributed by atoms with Gasteiger partial charge in [-0.05, 0) is 23.3 Å². The molecule has 0 atom stereocenters. The minimum Gasteiger partial charge on any atom is -0.315 e. The summed E-state index contributed by atoms with van der Waals surface area (Å²) in [4.78, 5) is 16.2. The number of hydrogen-bond acceptors (Lipinski definition) is 5. The smallest absolute Gasteiger partial charge is 0.227 e. The predicted molar refractivity (Wildman–Crippen MR) is 66.2 cm³/mol. The highest BCUT2D eigenvalue weighted by atomic mass is 16.1. The highest BCUT2D eigenvalue weighted by Crippen LogP contribution is 2.19. The van der Waals surface area contributed by atoms with Crippen molar-refractivity contribution in [1.29, 1.82) is 0 Å². The van der Waals surface area contributed by atoms with E-state index in [0.717, 1.165) is 31.0 Å². The van der Waals surface area contributed by atoms with Gasteiger partial charge in [0, 0.05) is 19.4 Å². The van der Waals surface area contributed by atoms with Crippen LogP contribution in [0.1, 0.15) is 25.1 Å². The molecule has 0 spiro atoms. The minimum absolute atomic E-state index is 0.0521. The Balaban J connectivity index is 1.58. The number of fused-ring (bicyclic) bond motifs is 1. The molecule has 3 heterocycles. The van der Waals surface area contributed by atoms with Crippen LogP contribution in [0.15, 0.2) is 12.5 Å². The van der Waals surface area contributed by atoms with E-state index in [-0.39, 0.29) is 5.91 Å². The maximum atomic E-state index is 11.9. The number of nitrogens with one attached hydrogen (secondary N) is 1. The maximum Gasteiger partial charge on any atom is 0.227 e. The van der Waals surface area contributed by atoms with Crippen LogP contribution in [0.3, 0.4) is 0 Å². The number of rotatable bonds is 4. The second-order valence-electron chi connectivity index (χ2n) is 4.54. The summed E-state index contributed by atoms with van der Waals surface area (Å²) in [5, 5.41) is 13.6. The van der Waals surface area contributed by atoms with Crippen molar-refractivity contribution in [2.24, 2.45) is 0 Å². The molecule has 0 saturated heterocycles. The number of hydrogen-bond donors (Lipinski definition) is 1. The van der Waals surface area contributed by atoms with Crippen LogP contribution in [-0.2, 0) is 24.3 Å². The normalized spacial score (nSPS) is 14.1. The zero-order valence-corrected chi connectivity index (χ0v) is 10.5. The molecule has 3 rings (SSSR count). The van der Waals surface area contributed by atoms with E-state index in [2.05, 4.69) is 30.4 Å². The van der Waals surface area contributed by atoms with Gasteiger partial charge in [0.05, 0.1) is 12.7 Å². The van der Waals surface area contributed by atoms with Crippen LogP contribution in [0.2, 0.25) is 0 Å². The van der Waals surface area contributed by atoms with Crippen LogP contribution in [0.4, 0.5) is 5.82 Å². The van der Waals surface area contributed by atoms with E-state index in [1.54, 1.807) is 6.20 Å². The molecule has 1 aliphatic rings. The van der Waals surface area contributed by atoms with Gasteiger partial charge in [0.1, 0.15) is 18.0 Å². The molecular weight excluding hydrogens is 246 g/mol. The molecule has 0 aliphatic carbocycles. The van der Waals surface area contributed by atoms with Crippen molar-refractivity contribution in [3.8, 4) is 0 Å². The van der Waals surface area contributed by atoms with Gasteiger partial charge in [0.2, 0.25) is 5.91 Å². The minimum atomic E-state index is -0.0521. The quantitative estimate of drug-likeness (QED) is 0.851. The lowest BCUT2D eigenvalue weighted by Crippen LogP contribution is -2.19. The van der Waals surface area contributed by atoms with Crippen LogP contribution in [0.5, 0.6) is 0 Å². The summed E-state index contributed by atoms with van der Waals surface area (Å²) in [6.07, 6.45) is 6.86. The fourth-order valence-corrected chi connectivity index (χ4v) is 2.22. The van der Waals surface area contributed by atoms with E-state index in [0.29, 0.717) is 13.0 Å². The third-order valence-corrected chi connectivity index (χ3v) is 3.20. The van der Waals surface area contributed by atoms with Crippen molar-refractivity contribution in [3.63, 3.8) is 0 Å². The predicted octanol–water partition coefficient (Wildman–Crippen LogP) is 0.235. The Morgan fingerprint density at radius 2 is 2.37 bits per heavy atom. The molecule has 0 fully saturated rings. The summed E-state index contributed by atoms with van der Waals surface area (Å²) < 4.78 is 3.61. The summed E-state index contributed by atoms with van der Waals surface area (Å²) in [6, 6.07) is 0. The van der Waals surface area contributed by atoms with Gasteiger partial charge in [0.15, 0.2) is 0 Å². The van der Waals surface area contributed by atoms with Gasteiger partial charge in [-0.25, -0.2) is 9.67 Å². The number of anilines is 1. The third kappa shape index (κ3) is 2.61. The standard InChI is InChI=1S/C11H15N7O/c19-11(4-6-17-8-13-15-16-17)14-10-7-12-9-3-1-2-5-18(9)10/h7-8H,1-6H2,(H,14,19). The second kappa shape index (κ2) is 5.17. The molecule has 2 aromatic rings. The summed E-state index contributed by atoms with van der Waals surface area (Å²) in [5.74, 6) is 1.79. The van der Waals surface area contributed by atoms with E-state index in [4.69, 9.17) is 0 Å². The number of carbonyl (C=O) groups excluding carboxylic acids is 1. The van der Waals surface area contributed by atoms with Crippen molar-refractivity contribution >= 4 is 11.7 Å². The van der Waals surface area contributed by atoms with Gasteiger partial charge >= 0.3 is 0 Å². The van der Waals surface area contributed by atoms with Crippen molar-refractivity contribution in [1.82, 2.24) is 29.8 Å². The van der Waals surface area contributed by atoms with Crippen LogP contribution in [-0.4, -0.2) is 35.7 Å². The zero-order valence-electron chi connectivity index (χ0n) is 10.5. The Labute approximate surface area is 109 Å². The van der Waals surface area contributed by atoms with Crippen LogP contribution in [0, 0.1) is 0 Å². The number of aromatic nitrogens is 6. The summed E-state index contributed by atoms with van der Waals surface area (Å²) >= 11 is 0.